The maximum Gasteiger partial charge on any atom is 0.374 e. The van der Waals surface area contributed by atoms with E-state index in [1.54, 1.807) is 24.3 Å². The highest BCUT2D eigenvalue weighted by Crippen LogP contribution is 2.35. The molecule has 2 aliphatic rings. The molecule has 1 aromatic heterocycles. The molecule has 2 aromatic rings. The highest BCUT2D eigenvalue weighted by Gasteiger charge is 2.35. The van der Waals surface area contributed by atoms with Crippen molar-refractivity contribution >= 4 is 22.8 Å². The summed E-state index contributed by atoms with van der Waals surface area (Å²) >= 11 is 0. The Morgan fingerprint density at radius 1 is 1.11 bits per heavy atom. The summed E-state index contributed by atoms with van der Waals surface area (Å²) in [5.74, 6) is -0.558. The van der Waals surface area contributed by atoms with Crippen molar-refractivity contribution in [3.8, 4) is 0 Å². The van der Waals surface area contributed by atoms with E-state index in [-0.39, 0.29) is 29.7 Å². The Bertz CT molecular complexity index is 916. The molecule has 142 valence electrons. The summed E-state index contributed by atoms with van der Waals surface area (Å²) < 4.78 is 10.6. The fraction of sp³-hybridized carbons (Fsp3) is 0.476. The Morgan fingerprint density at radius 2 is 1.89 bits per heavy atom. The van der Waals surface area contributed by atoms with Gasteiger partial charge in [-0.05, 0) is 43.7 Å². The van der Waals surface area contributed by atoms with Gasteiger partial charge in [0, 0.05) is 18.7 Å². The van der Waals surface area contributed by atoms with Crippen molar-refractivity contribution in [1.82, 2.24) is 4.90 Å². The van der Waals surface area contributed by atoms with Crippen LogP contribution in [0.1, 0.15) is 49.1 Å². The standard InChI is InChI=1S/C21H23NO5/c23-17-12-19(27-18-10-4-2-8-15(17)18)21(25)26-13-20(24)22-11-5-7-14-6-1-3-9-16(14)22/h2,4,8,10,12,14,16H,1,3,5-7,9,11,13H2/t14-,16+/m1/s1. The second-order valence-electron chi connectivity index (χ2n) is 7.39. The van der Waals surface area contributed by atoms with Crippen molar-refractivity contribution in [1.29, 1.82) is 0 Å². The molecule has 1 saturated heterocycles. The monoisotopic (exact) mass is 369 g/mol. The number of hydrogen-bond donors (Lipinski definition) is 0. The first kappa shape index (κ1) is 17.8. The lowest BCUT2D eigenvalue weighted by molar-refractivity contribution is -0.140. The van der Waals surface area contributed by atoms with Crippen LogP contribution in [0, 0.1) is 5.92 Å². The number of amides is 1. The molecular formula is C21H23NO5. The number of carbonyl (C=O) groups excluding carboxylic acids is 2. The van der Waals surface area contributed by atoms with Gasteiger partial charge in [0.2, 0.25) is 5.76 Å². The van der Waals surface area contributed by atoms with Crippen LogP contribution in [-0.4, -0.2) is 36.0 Å². The highest BCUT2D eigenvalue weighted by atomic mass is 16.5. The number of likely N-dealkylation sites (tertiary alicyclic amines) is 1. The summed E-state index contributed by atoms with van der Waals surface area (Å²) in [4.78, 5) is 38.9. The maximum absolute atomic E-state index is 12.6. The van der Waals surface area contributed by atoms with E-state index in [1.807, 2.05) is 4.90 Å². The lowest BCUT2D eigenvalue weighted by Gasteiger charge is -2.44. The van der Waals surface area contributed by atoms with Crippen LogP contribution in [0.2, 0.25) is 0 Å². The lowest BCUT2D eigenvalue weighted by atomic mass is 9.78. The first-order valence-electron chi connectivity index (χ1n) is 9.63. The Balaban J connectivity index is 1.43. The van der Waals surface area contributed by atoms with Crippen LogP contribution < -0.4 is 5.43 Å². The van der Waals surface area contributed by atoms with Gasteiger partial charge < -0.3 is 14.1 Å². The van der Waals surface area contributed by atoms with E-state index < -0.39 is 5.97 Å². The van der Waals surface area contributed by atoms with Crippen LogP contribution in [0.3, 0.4) is 0 Å². The predicted molar refractivity (Wildman–Crippen MR) is 99.5 cm³/mol. The van der Waals surface area contributed by atoms with Gasteiger partial charge in [-0.1, -0.05) is 25.0 Å². The van der Waals surface area contributed by atoms with Gasteiger partial charge in [-0.25, -0.2) is 4.79 Å². The molecule has 2 atom stereocenters. The molecule has 1 aliphatic heterocycles. The molecule has 0 bridgehead atoms. The van der Waals surface area contributed by atoms with Gasteiger partial charge >= 0.3 is 5.97 Å². The third-order valence-corrected chi connectivity index (χ3v) is 5.73. The van der Waals surface area contributed by atoms with E-state index >= 15 is 0 Å². The summed E-state index contributed by atoms with van der Waals surface area (Å²) in [6.45, 7) is 0.404. The van der Waals surface area contributed by atoms with E-state index in [4.69, 9.17) is 9.15 Å². The number of fused-ring (bicyclic) bond motifs is 2. The largest absolute Gasteiger partial charge is 0.450 e. The van der Waals surface area contributed by atoms with Crippen molar-refractivity contribution in [3.05, 3.63) is 46.3 Å². The van der Waals surface area contributed by atoms with Crippen LogP contribution in [0.25, 0.3) is 11.0 Å². The number of para-hydroxylation sites is 1. The number of piperidine rings is 1. The Labute approximate surface area is 157 Å². The fourth-order valence-electron chi connectivity index (χ4n) is 4.42. The number of rotatable bonds is 3. The second-order valence-corrected chi connectivity index (χ2v) is 7.39. The molecule has 1 saturated carbocycles. The van der Waals surface area contributed by atoms with Crippen LogP contribution in [0.5, 0.6) is 0 Å². The van der Waals surface area contributed by atoms with Crippen molar-refractivity contribution in [2.24, 2.45) is 5.92 Å². The molecule has 2 heterocycles. The van der Waals surface area contributed by atoms with Gasteiger partial charge in [0.15, 0.2) is 12.0 Å². The number of ether oxygens (including phenoxy) is 1. The zero-order valence-corrected chi connectivity index (χ0v) is 15.2. The number of esters is 1. The quantitative estimate of drug-likeness (QED) is 0.777. The SMILES string of the molecule is O=C(OCC(=O)N1CCC[C@H]2CCCC[C@@H]21)c1cc(=O)c2ccccc2o1. The number of nitrogens with zero attached hydrogens (tertiary/aromatic N) is 1. The molecule has 1 amide bonds. The van der Waals surface area contributed by atoms with E-state index in [9.17, 15) is 14.4 Å². The summed E-state index contributed by atoms with van der Waals surface area (Å²) in [6.07, 6.45) is 6.77. The number of benzene rings is 1. The Kier molecular flexibility index (Phi) is 4.97. The minimum absolute atomic E-state index is 0.164. The molecular weight excluding hydrogens is 346 g/mol. The van der Waals surface area contributed by atoms with E-state index in [2.05, 4.69) is 0 Å². The minimum Gasteiger partial charge on any atom is -0.450 e. The first-order valence-corrected chi connectivity index (χ1v) is 9.63. The summed E-state index contributed by atoms with van der Waals surface area (Å²) in [5.41, 5.74) is 0.0144. The van der Waals surface area contributed by atoms with Gasteiger partial charge in [0.25, 0.3) is 5.91 Å². The summed E-state index contributed by atoms with van der Waals surface area (Å²) in [5, 5.41) is 0.404. The predicted octanol–water partition coefficient (Wildman–Crippen LogP) is 3.13. The van der Waals surface area contributed by atoms with Crippen LogP contribution in [0.4, 0.5) is 0 Å². The third-order valence-electron chi connectivity index (χ3n) is 5.73. The van der Waals surface area contributed by atoms with E-state index in [0.29, 0.717) is 16.9 Å². The highest BCUT2D eigenvalue weighted by molar-refractivity contribution is 5.90. The summed E-state index contributed by atoms with van der Waals surface area (Å²) in [7, 11) is 0. The molecule has 6 heteroatoms. The van der Waals surface area contributed by atoms with Gasteiger partial charge in [0.1, 0.15) is 5.58 Å². The molecule has 27 heavy (non-hydrogen) atoms. The Morgan fingerprint density at radius 3 is 2.78 bits per heavy atom. The fourth-order valence-corrected chi connectivity index (χ4v) is 4.42. The normalized spacial score (nSPS) is 22.3. The molecule has 0 radical (unpaired) electrons. The molecule has 0 spiro atoms. The topological polar surface area (TPSA) is 76.8 Å². The van der Waals surface area contributed by atoms with E-state index in [1.165, 1.54) is 19.3 Å². The minimum atomic E-state index is -0.789. The van der Waals surface area contributed by atoms with Gasteiger partial charge in [-0.3, -0.25) is 9.59 Å². The summed E-state index contributed by atoms with van der Waals surface area (Å²) in [6, 6.07) is 8.10. The van der Waals surface area contributed by atoms with Gasteiger partial charge in [-0.2, -0.15) is 0 Å². The lowest BCUT2D eigenvalue weighted by Crippen LogP contribution is -2.50. The van der Waals surface area contributed by atoms with Gasteiger partial charge in [0.05, 0.1) is 5.39 Å². The zero-order valence-electron chi connectivity index (χ0n) is 15.2. The molecule has 1 aromatic carbocycles. The number of carbonyl (C=O) groups is 2. The second kappa shape index (κ2) is 7.55. The molecule has 0 unspecified atom stereocenters. The van der Waals surface area contributed by atoms with Crippen LogP contribution in [0.15, 0.2) is 39.5 Å². The average molecular weight is 369 g/mol. The molecule has 4 rings (SSSR count). The van der Waals surface area contributed by atoms with Crippen molar-refractivity contribution in [3.63, 3.8) is 0 Å². The van der Waals surface area contributed by atoms with Crippen molar-refractivity contribution < 1.29 is 18.7 Å². The van der Waals surface area contributed by atoms with Crippen molar-refractivity contribution in [2.75, 3.05) is 13.2 Å². The first-order chi connectivity index (χ1) is 13.1. The van der Waals surface area contributed by atoms with Crippen molar-refractivity contribution in [2.45, 2.75) is 44.6 Å². The van der Waals surface area contributed by atoms with Gasteiger partial charge in [-0.15, -0.1) is 0 Å². The molecule has 6 nitrogen and oxygen atoms in total. The molecule has 1 aliphatic carbocycles. The smallest absolute Gasteiger partial charge is 0.374 e. The molecule has 2 fully saturated rings. The molecule has 0 N–H and O–H groups in total. The maximum atomic E-state index is 12.6. The Hall–Kier alpha value is -2.63. The average Bonchev–Trinajstić information content (AvgIpc) is 2.71. The number of hydrogen-bond acceptors (Lipinski definition) is 5. The van der Waals surface area contributed by atoms with Crippen LogP contribution in [-0.2, 0) is 9.53 Å². The van der Waals surface area contributed by atoms with Crippen LogP contribution >= 0.6 is 0 Å². The van der Waals surface area contributed by atoms with E-state index in [0.717, 1.165) is 31.9 Å². The zero-order chi connectivity index (χ0) is 18.8. The third kappa shape index (κ3) is 3.61.